The van der Waals surface area contributed by atoms with Crippen LogP contribution in [0.5, 0.6) is 0 Å². The summed E-state index contributed by atoms with van der Waals surface area (Å²) in [5.74, 6) is -1.64. The van der Waals surface area contributed by atoms with Crippen molar-refractivity contribution in [2.45, 2.75) is 6.92 Å². The number of carbonyl (C=O) groups excluding carboxylic acids is 2. The van der Waals surface area contributed by atoms with Crippen molar-refractivity contribution in [2.24, 2.45) is 0 Å². The van der Waals surface area contributed by atoms with Gasteiger partial charge in [0, 0.05) is 6.20 Å². The molecule has 1 amide bonds. The first-order chi connectivity index (χ1) is 7.74. The largest absolute Gasteiger partial charge is 0.459 e. The summed E-state index contributed by atoms with van der Waals surface area (Å²) in [5, 5.41) is 2.32. The highest BCUT2D eigenvalue weighted by Crippen LogP contribution is 1.99. The van der Waals surface area contributed by atoms with E-state index in [1.807, 2.05) is 30.3 Å². The van der Waals surface area contributed by atoms with E-state index in [-0.39, 0.29) is 6.61 Å². The van der Waals surface area contributed by atoms with Gasteiger partial charge in [0.1, 0.15) is 0 Å². The number of hydrogen-bond donors (Lipinski definition) is 1. The topological polar surface area (TPSA) is 55.4 Å². The van der Waals surface area contributed by atoms with E-state index in [9.17, 15) is 9.59 Å². The molecule has 0 heterocycles. The van der Waals surface area contributed by atoms with Crippen molar-refractivity contribution in [3.8, 4) is 0 Å². The molecule has 84 valence electrons. The summed E-state index contributed by atoms with van der Waals surface area (Å²) in [6.45, 7) is 1.83. The van der Waals surface area contributed by atoms with Gasteiger partial charge in [0.25, 0.3) is 0 Å². The third-order valence-corrected chi connectivity index (χ3v) is 1.75. The zero-order chi connectivity index (χ0) is 11.8. The average Bonchev–Trinajstić information content (AvgIpc) is 2.30. The summed E-state index contributed by atoms with van der Waals surface area (Å²) in [6, 6.07) is 9.42. The molecule has 0 aromatic heterocycles. The highest BCUT2D eigenvalue weighted by molar-refractivity contribution is 6.32. The molecule has 1 aromatic rings. The van der Waals surface area contributed by atoms with Crippen LogP contribution in [0, 0.1) is 0 Å². The normalized spacial score (nSPS) is 10.1. The van der Waals surface area contributed by atoms with Crippen LogP contribution in [0.2, 0.25) is 0 Å². The third kappa shape index (κ3) is 3.96. The fraction of sp³-hybridized carbons (Fsp3) is 0.167. The summed E-state index contributed by atoms with van der Waals surface area (Å²) < 4.78 is 4.52. The minimum Gasteiger partial charge on any atom is -0.459 e. The number of benzene rings is 1. The van der Waals surface area contributed by atoms with Gasteiger partial charge in [0.05, 0.1) is 6.61 Å². The smallest absolute Gasteiger partial charge is 0.397 e. The number of ether oxygens (including phenoxy) is 1. The molecule has 0 aliphatic carbocycles. The van der Waals surface area contributed by atoms with Crippen molar-refractivity contribution >= 4 is 18.0 Å². The van der Waals surface area contributed by atoms with Gasteiger partial charge in [-0.2, -0.15) is 0 Å². The summed E-state index contributed by atoms with van der Waals surface area (Å²) in [4.78, 5) is 22.0. The van der Waals surface area contributed by atoms with Crippen molar-refractivity contribution in [3.05, 3.63) is 42.1 Å². The number of nitrogens with one attached hydrogen (secondary N) is 1. The fourth-order valence-corrected chi connectivity index (χ4v) is 1.03. The van der Waals surface area contributed by atoms with Crippen LogP contribution in [0.4, 0.5) is 0 Å². The first-order valence-corrected chi connectivity index (χ1v) is 4.93. The second-order valence-corrected chi connectivity index (χ2v) is 2.94. The lowest BCUT2D eigenvalue weighted by Gasteiger charge is -1.99. The molecule has 0 aliphatic rings. The summed E-state index contributed by atoms with van der Waals surface area (Å²) >= 11 is 0. The molecule has 1 N–H and O–H groups in total. The molecule has 0 fully saturated rings. The number of esters is 1. The SMILES string of the molecule is CCOC(=O)C(=O)N/C=C/c1ccccc1. The van der Waals surface area contributed by atoms with Crippen LogP contribution < -0.4 is 5.32 Å². The maximum absolute atomic E-state index is 11.1. The molecule has 0 atom stereocenters. The van der Waals surface area contributed by atoms with Gasteiger partial charge in [-0.1, -0.05) is 30.3 Å². The van der Waals surface area contributed by atoms with Gasteiger partial charge in [-0.25, -0.2) is 4.79 Å². The summed E-state index contributed by atoms with van der Waals surface area (Å²) in [7, 11) is 0. The molecule has 4 heteroatoms. The molecule has 0 saturated heterocycles. The molecule has 0 bridgehead atoms. The van der Waals surface area contributed by atoms with Crippen LogP contribution in [0.3, 0.4) is 0 Å². The Morgan fingerprint density at radius 1 is 1.31 bits per heavy atom. The Hall–Kier alpha value is -2.10. The lowest BCUT2D eigenvalue weighted by molar-refractivity contribution is -0.154. The molecular weight excluding hydrogens is 206 g/mol. The van der Waals surface area contributed by atoms with Crippen molar-refractivity contribution in [2.75, 3.05) is 6.61 Å². The second kappa shape index (κ2) is 6.40. The monoisotopic (exact) mass is 219 g/mol. The molecule has 0 radical (unpaired) electrons. The predicted molar refractivity (Wildman–Crippen MR) is 60.3 cm³/mol. The quantitative estimate of drug-likeness (QED) is 0.616. The Balaban J connectivity index is 2.43. The third-order valence-electron chi connectivity index (χ3n) is 1.75. The van der Waals surface area contributed by atoms with Crippen molar-refractivity contribution in [1.29, 1.82) is 0 Å². The molecule has 0 saturated carbocycles. The Bertz CT molecular complexity index is 385. The number of amides is 1. The Morgan fingerprint density at radius 2 is 2.00 bits per heavy atom. The van der Waals surface area contributed by atoms with Crippen molar-refractivity contribution in [3.63, 3.8) is 0 Å². The van der Waals surface area contributed by atoms with Crippen molar-refractivity contribution in [1.82, 2.24) is 5.32 Å². The zero-order valence-corrected chi connectivity index (χ0v) is 8.97. The van der Waals surface area contributed by atoms with Gasteiger partial charge in [0.15, 0.2) is 0 Å². The lowest BCUT2D eigenvalue weighted by Crippen LogP contribution is -2.28. The van der Waals surface area contributed by atoms with Crippen LogP contribution in [-0.4, -0.2) is 18.5 Å². The molecule has 1 rings (SSSR count). The average molecular weight is 219 g/mol. The Labute approximate surface area is 93.9 Å². The number of hydrogen-bond acceptors (Lipinski definition) is 3. The molecule has 4 nitrogen and oxygen atoms in total. The molecule has 0 unspecified atom stereocenters. The van der Waals surface area contributed by atoms with E-state index in [1.165, 1.54) is 6.20 Å². The van der Waals surface area contributed by atoms with Crippen LogP contribution in [0.1, 0.15) is 12.5 Å². The minimum absolute atomic E-state index is 0.189. The maximum Gasteiger partial charge on any atom is 0.397 e. The van der Waals surface area contributed by atoms with E-state index in [4.69, 9.17) is 0 Å². The first-order valence-electron chi connectivity index (χ1n) is 4.93. The highest BCUT2D eigenvalue weighted by Gasteiger charge is 2.11. The molecule has 16 heavy (non-hydrogen) atoms. The number of rotatable bonds is 3. The van der Waals surface area contributed by atoms with Crippen LogP contribution in [0.15, 0.2) is 36.5 Å². The van der Waals surface area contributed by atoms with Gasteiger partial charge in [-0.05, 0) is 18.6 Å². The van der Waals surface area contributed by atoms with Crippen LogP contribution in [0.25, 0.3) is 6.08 Å². The predicted octanol–water partition coefficient (Wildman–Crippen LogP) is 1.34. The van der Waals surface area contributed by atoms with Gasteiger partial charge < -0.3 is 10.1 Å². The van der Waals surface area contributed by atoms with Crippen LogP contribution >= 0.6 is 0 Å². The lowest BCUT2D eigenvalue weighted by atomic mass is 10.2. The highest BCUT2D eigenvalue weighted by atomic mass is 16.5. The zero-order valence-electron chi connectivity index (χ0n) is 8.97. The molecule has 1 aromatic carbocycles. The maximum atomic E-state index is 11.1. The number of carbonyl (C=O) groups is 2. The standard InChI is InChI=1S/C12H13NO3/c1-2-16-12(15)11(14)13-9-8-10-6-4-3-5-7-10/h3-9H,2H2,1H3,(H,13,14)/b9-8+. The van der Waals surface area contributed by atoms with E-state index < -0.39 is 11.9 Å². The fourth-order valence-electron chi connectivity index (χ4n) is 1.03. The van der Waals surface area contributed by atoms with E-state index in [1.54, 1.807) is 13.0 Å². The second-order valence-electron chi connectivity index (χ2n) is 2.94. The van der Waals surface area contributed by atoms with Gasteiger partial charge in [0.2, 0.25) is 0 Å². The molecule has 0 aliphatic heterocycles. The summed E-state index contributed by atoms with van der Waals surface area (Å²) in [6.07, 6.45) is 3.10. The molecular formula is C12H13NO3. The first kappa shape index (κ1) is 12.0. The van der Waals surface area contributed by atoms with Gasteiger partial charge >= 0.3 is 11.9 Å². The van der Waals surface area contributed by atoms with E-state index in [0.29, 0.717) is 0 Å². The van der Waals surface area contributed by atoms with E-state index in [2.05, 4.69) is 10.1 Å². The molecule has 0 spiro atoms. The Kier molecular flexibility index (Phi) is 4.79. The Morgan fingerprint density at radius 3 is 2.62 bits per heavy atom. The van der Waals surface area contributed by atoms with Gasteiger partial charge in [-0.3, -0.25) is 4.79 Å². The van der Waals surface area contributed by atoms with Crippen molar-refractivity contribution < 1.29 is 14.3 Å². The minimum atomic E-state index is -0.875. The summed E-state index contributed by atoms with van der Waals surface area (Å²) in [5.41, 5.74) is 0.937. The van der Waals surface area contributed by atoms with Gasteiger partial charge in [-0.15, -0.1) is 0 Å². The van der Waals surface area contributed by atoms with E-state index >= 15 is 0 Å². The van der Waals surface area contributed by atoms with Crippen LogP contribution in [-0.2, 0) is 14.3 Å². The van der Waals surface area contributed by atoms with E-state index in [0.717, 1.165) is 5.56 Å².